The third-order valence-electron chi connectivity index (χ3n) is 2.65. The van der Waals surface area contributed by atoms with E-state index in [1.54, 1.807) is 0 Å². The molecule has 1 aliphatic heterocycles. The van der Waals surface area contributed by atoms with Crippen LogP contribution in [-0.2, 0) is 4.79 Å². The van der Waals surface area contributed by atoms with Crippen molar-refractivity contribution < 1.29 is 14.6 Å². The van der Waals surface area contributed by atoms with E-state index in [4.69, 9.17) is 15.6 Å². The summed E-state index contributed by atoms with van der Waals surface area (Å²) in [6.07, 6.45) is 0.423. The van der Waals surface area contributed by atoms with E-state index in [-0.39, 0.29) is 5.92 Å². The SMILES string of the molecule is N[C@@H](CC1COc2ccccc21)C(=O)O. The van der Waals surface area contributed by atoms with Gasteiger partial charge in [-0.2, -0.15) is 0 Å². The van der Waals surface area contributed by atoms with Crippen molar-refractivity contribution in [1.29, 1.82) is 0 Å². The van der Waals surface area contributed by atoms with Gasteiger partial charge in [0.25, 0.3) is 0 Å². The largest absolute Gasteiger partial charge is 0.493 e. The molecule has 1 unspecified atom stereocenters. The zero-order valence-electron chi connectivity index (χ0n) is 8.22. The van der Waals surface area contributed by atoms with Crippen molar-refractivity contribution in [1.82, 2.24) is 0 Å². The Bertz CT molecular complexity index is 378. The van der Waals surface area contributed by atoms with Gasteiger partial charge in [0.15, 0.2) is 0 Å². The van der Waals surface area contributed by atoms with Crippen molar-refractivity contribution in [2.24, 2.45) is 5.73 Å². The number of ether oxygens (including phenoxy) is 1. The lowest BCUT2D eigenvalue weighted by Gasteiger charge is -2.11. The van der Waals surface area contributed by atoms with E-state index < -0.39 is 12.0 Å². The van der Waals surface area contributed by atoms with E-state index in [0.717, 1.165) is 11.3 Å². The van der Waals surface area contributed by atoms with E-state index in [1.165, 1.54) is 0 Å². The molecular formula is C11H13NO3. The number of rotatable bonds is 3. The highest BCUT2D eigenvalue weighted by molar-refractivity contribution is 5.73. The van der Waals surface area contributed by atoms with Gasteiger partial charge in [0.2, 0.25) is 0 Å². The molecule has 1 aliphatic rings. The first-order valence-electron chi connectivity index (χ1n) is 4.88. The lowest BCUT2D eigenvalue weighted by Crippen LogP contribution is -2.32. The van der Waals surface area contributed by atoms with Gasteiger partial charge in [0, 0.05) is 11.5 Å². The molecule has 1 heterocycles. The lowest BCUT2D eigenvalue weighted by atomic mass is 9.94. The number of carboxylic acid groups (broad SMARTS) is 1. The second-order valence-electron chi connectivity index (χ2n) is 3.73. The first kappa shape index (κ1) is 9.98. The quantitative estimate of drug-likeness (QED) is 0.774. The van der Waals surface area contributed by atoms with Gasteiger partial charge in [-0.15, -0.1) is 0 Å². The van der Waals surface area contributed by atoms with Gasteiger partial charge < -0.3 is 15.6 Å². The van der Waals surface area contributed by atoms with Crippen molar-refractivity contribution >= 4 is 5.97 Å². The third kappa shape index (κ3) is 1.94. The van der Waals surface area contributed by atoms with Gasteiger partial charge in [0.05, 0.1) is 6.61 Å². The molecule has 0 saturated heterocycles. The zero-order valence-corrected chi connectivity index (χ0v) is 8.22. The number of carbonyl (C=O) groups is 1. The van der Waals surface area contributed by atoms with Crippen LogP contribution < -0.4 is 10.5 Å². The van der Waals surface area contributed by atoms with Crippen molar-refractivity contribution in [2.75, 3.05) is 6.61 Å². The van der Waals surface area contributed by atoms with Gasteiger partial charge >= 0.3 is 5.97 Å². The van der Waals surface area contributed by atoms with Crippen molar-refractivity contribution in [2.45, 2.75) is 18.4 Å². The molecular weight excluding hydrogens is 194 g/mol. The normalized spacial score (nSPS) is 20.5. The summed E-state index contributed by atoms with van der Waals surface area (Å²) < 4.78 is 5.44. The molecule has 0 aliphatic carbocycles. The number of hydrogen-bond acceptors (Lipinski definition) is 3. The molecule has 2 atom stereocenters. The maximum atomic E-state index is 10.6. The minimum absolute atomic E-state index is 0.104. The highest BCUT2D eigenvalue weighted by Gasteiger charge is 2.27. The molecule has 0 fully saturated rings. The summed E-state index contributed by atoms with van der Waals surface area (Å²) in [6.45, 7) is 0.528. The first-order chi connectivity index (χ1) is 7.18. The molecule has 15 heavy (non-hydrogen) atoms. The predicted molar refractivity (Wildman–Crippen MR) is 54.9 cm³/mol. The van der Waals surface area contributed by atoms with Gasteiger partial charge in [-0.1, -0.05) is 18.2 Å². The molecule has 0 saturated carbocycles. The molecule has 3 N–H and O–H groups in total. The van der Waals surface area contributed by atoms with Crippen LogP contribution >= 0.6 is 0 Å². The summed E-state index contributed by atoms with van der Waals surface area (Å²) in [6, 6.07) is 6.86. The van der Waals surface area contributed by atoms with Crippen LogP contribution in [0.2, 0.25) is 0 Å². The molecule has 2 rings (SSSR count). The van der Waals surface area contributed by atoms with Crippen LogP contribution in [0.4, 0.5) is 0 Å². The summed E-state index contributed by atoms with van der Waals surface area (Å²) in [5, 5.41) is 8.72. The summed E-state index contributed by atoms with van der Waals surface area (Å²) in [5.74, 6) is -0.00762. The number of carboxylic acids is 1. The van der Waals surface area contributed by atoms with Gasteiger partial charge in [0.1, 0.15) is 11.8 Å². The molecule has 1 aromatic carbocycles. The number of hydrogen-bond donors (Lipinski definition) is 2. The van der Waals surface area contributed by atoms with Gasteiger partial charge in [-0.05, 0) is 12.5 Å². The van der Waals surface area contributed by atoms with Crippen molar-refractivity contribution in [3.8, 4) is 5.75 Å². The van der Waals surface area contributed by atoms with Crippen molar-refractivity contribution in [3.05, 3.63) is 29.8 Å². The fourth-order valence-corrected chi connectivity index (χ4v) is 1.83. The summed E-state index contributed by atoms with van der Waals surface area (Å²) in [5.41, 5.74) is 6.56. The van der Waals surface area contributed by atoms with E-state index in [2.05, 4.69) is 0 Å². The molecule has 0 bridgehead atoms. The van der Waals surface area contributed by atoms with Crippen LogP contribution in [0.5, 0.6) is 5.75 Å². The number of benzene rings is 1. The molecule has 0 aromatic heterocycles. The van der Waals surface area contributed by atoms with Gasteiger partial charge in [-0.25, -0.2) is 0 Å². The molecule has 1 aromatic rings. The van der Waals surface area contributed by atoms with Gasteiger partial charge in [-0.3, -0.25) is 4.79 Å². The Labute approximate surface area is 87.7 Å². The lowest BCUT2D eigenvalue weighted by molar-refractivity contribution is -0.138. The molecule has 80 valence electrons. The summed E-state index contributed by atoms with van der Waals surface area (Å²) >= 11 is 0. The fourth-order valence-electron chi connectivity index (χ4n) is 1.83. The minimum atomic E-state index is -0.959. The zero-order chi connectivity index (χ0) is 10.8. The second-order valence-corrected chi connectivity index (χ2v) is 3.73. The maximum absolute atomic E-state index is 10.6. The highest BCUT2D eigenvalue weighted by atomic mass is 16.5. The molecule has 0 radical (unpaired) electrons. The summed E-state index contributed by atoms with van der Waals surface area (Å²) in [4.78, 5) is 10.6. The average Bonchev–Trinajstić information content (AvgIpc) is 2.62. The maximum Gasteiger partial charge on any atom is 0.320 e. The van der Waals surface area contributed by atoms with E-state index in [9.17, 15) is 4.79 Å². The molecule has 0 spiro atoms. The number of nitrogens with two attached hydrogens (primary N) is 1. The standard InChI is InChI=1S/C11H13NO3/c12-9(11(13)14)5-7-6-15-10-4-2-1-3-8(7)10/h1-4,7,9H,5-6,12H2,(H,13,14)/t7?,9-/m0/s1. The van der Waals surface area contributed by atoms with Crippen LogP contribution in [-0.4, -0.2) is 23.7 Å². The first-order valence-corrected chi connectivity index (χ1v) is 4.88. The van der Waals surface area contributed by atoms with Crippen molar-refractivity contribution in [3.63, 3.8) is 0 Å². The average molecular weight is 207 g/mol. The molecule has 4 nitrogen and oxygen atoms in total. The topological polar surface area (TPSA) is 72.5 Å². The Morgan fingerprint density at radius 1 is 1.60 bits per heavy atom. The monoisotopic (exact) mass is 207 g/mol. The van der Waals surface area contributed by atoms with E-state index in [1.807, 2.05) is 24.3 Å². The number of para-hydroxylation sites is 1. The molecule has 0 amide bonds. The van der Waals surface area contributed by atoms with Crippen LogP contribution in [0.15, 0.2) is 24.3 Å². The van der Waals surface area contributed by atoms with E-state index >= 15 is 0 Å². The third-order valence-corrected chi connectivity index (χ3v) is 2.65. The van der Waals surface area contributed by atoms with E-state index in [0.29, 0.717) is 13.0 Å². The minimum Gasteiger partial charge on any atom is -0.493 e. The predicted octanol–water partition coefficient (Wildman–Crippen LogP) is 0.965. The van der Waals surface area contributed by atoms with Crippen LogP contribution in [0.1, 0.15) is 17.9 Å². The number of aliphatic carboxylic acids is 1. The van der Waals surface area contributed by atoms with Crippen LogP contribution in [0.25, 0.3) is 0 Å². The summed E-state index contributed by atoms with van der Waals surface area (Å²) in [7, 11) is 0. The number of fused-ring (bicyclic) bond motifs is 1. The molecule has 4 heteroatoms. The smallest absolute Gasteiger partial charge is 0.320 e. The Morgan fingerprint density at radius 2 is 2.33 bits per heavy atom. The fraction of sp³-hybridized carbons (Fsp3) is 0.364. The second kappa shape index (κ2) is 3.90. The van der Waals surface area contributed by atoms with Crippen LogP contribution in [0, 0.1) is 0 Å². The Morgan fingerprint density at radius 3 is 3.07 bits per heavy atom. The highest BCUT2D eigenvalue weighted by Crippen LogP contribution is 2.35. The Balaban J connectivity index is 2.11. The van der Waals surface area contributed by atoms with Crippen LogP contribution in [0.3, 0.4) is 0 Å². The Hall–Kier alpha value is -1.55. The Kier molecular flexibility index (Phi) is 2.60.